The van der Waals surface area contributed by atoms with Crippen molar-refractivity contribution in [1.29, 1.82) is 0 Å². The van der Waals surface area contributed by atoms with Gasteiger partial charge in [0.25, 0.3) is 0 Å². The molecule has 0 spiro atoms. The summed E-state index contributed by atoms with van der Waals surface area (Å²) >= 11 is 0. The molecule has 0 aliphatic carbocycles. The summed E-state index contributed by atoms with van der Waals surface area (Å²) in [7, 11) is 1.57. The van der Waals surface area contributed by atoms with Gasteiger partial charge in [-0.2, -0.15) is 0 Å². The van der Waals surface area contributed by atoms with Crippen LogP contribution >= 0.6 is 0 Å². The fourth-order valence-corrected chi connectivity index (χ4v) is 1.92. The largest absolute Gasteiger partial charge is 0.493 e. The molecule has 1 aromatic heterocycles. The Balaban J connectivity index is 2.17. The Morgan fingerprint density at radius 1 is 1.30 bits per heavy atom. The molecule has 1 heterocycles. The van der Waals surface area contributed by atoms with E-state index in [9.17, 15) is 5.11 Å². The van der Waals surface area contributed by atoms with Gasteiger partial charge in [-0.1, -0.05) is 11.2 Å². The molecule has 1 atom stereocenters. The summed E-state index contributed by atoms with van der Waals surface area (Å²) in [5.41, 5.74) is 2.54. The van der Waals surface area contributed by atoms with Crippen LogP contribution in [0.3, 0.4) is 0 Å². The number of rotatable bonds is 5. The highest BCUT2D eigenvalue weighted by atomic mass is 16.5. The van der Waals surface area contributed by atoms with Gasteiger partial charge < -0.3 is 19.1 Å². The quantitative estimate of drug-likeness (QED) is 0.910. The maximum atomic E-state index is 9.57. The molecule has 0 fully saturated rings. The first-order valence-electron chi connectivity index (χ1n) is 6.43. The lowest BCUT2D eigenvalue weighted by Crippen LogP contribution is -2.01. The molecule has 2 aromatic rings. The first kappa shape index (κ1) is 14.4. The zero-order chi connectivity index (χ0) is 14.7. The van der Waals surface area contributed by atoms with Crippen LogP contribution in [-0.2, 0) is 6.61 Å². The highest BCUT2D eigenvalue weighted by molar-refractivity contribution is 5.43. The minimum Gasteiger partial charge on any atom is -0.493 e. The van der Waals surface area contributed by atoms with E-state index in [0.29, 0.717) is 18.1 Å². The Kier molecular flexibility index (Phi) is 4.29. The van der Waals surface area contributed by atoms with Gasteiger partial charge in [0.05, 0.1) is 24.5 Å². The van der Waals surface area contributed by atoms with Gasteiger partial charge in [-0.05, 0) is 38.5 Å². The molecular formula is C15H19NO4. The molecule has 0 bridgehead atoms. The van der Waals surface area contributed by atoms with Crippen LogP contribution < -0.4 is 9.47 Å². The zero-order valence-electron chi connectivity index (χ0n) is 12.1. The molecule has 0 saturated heterocycles. The Bertz CT molecular complexity index is 570. The minimum atomic E-state index is -0.541. The van der Waals surface area contributed by atoms with E-state index >= 15 is 0 Å². The monoisotopic (exact) mass is 277 g/mol. The first-order valence-corrected chi connectivity index (χ1v) is 6.43. The second-order valence-electron chi connectivity index (χ2n) is 4.68. The second-order valence-corrected chi connectivity index (χ2v) is 4.68. The van der Waals surface area contributed by atoms with Gasteiger partial charge in [0.2, 0.25) is 0 Å². The van der Waals surface area contributed by atoms with E-state index in [0.717, 1.165) is 22.6 Å². The number of aliphatic hydroxyl groups excluding tert-OH is 1. The van der Waals surface area contributed by atoms with Crippen molar-refractivity contribution in [2.45, 2.75) is 33.5 Å². The minimum absolute atomic E-state index is 0.367. The molecule has 0 amide bonds. The number of methoxy groups -OCH3 is 1. The average molecular weight is 277 g/mol. The van der Waals surface area contributed by atoms with E-state index < -0.39 is 6.10 Å². The van der Waals surface area contributed by atoms with E-state index in [2.05, 4.69) is 5.16 Å². The van der Waals surface area contributed by atoms with Crippen molar-refractivity contribution in [3.8, 4) is 11.5 Å². The fraction of sp³-hybridized carbons (Fsp3) is 0.400. The standard InChI is InChI=1S/C15H19NO4/c1-9-13(11(3)20-16-9)8-19-14-6-5-12(10(2)17)7-15(14)18-4/h5-7,10,17H,8H2,1-4H3/t10-/m1/s1. The highest BCUT2D eigenvalue weighted by Gasteiger charge is 2.12. The van der Waals surface area contributed by atoms with Crippen LogP contribution in [0.5, 0.6) is 11.5 Å². The predicted octanol–water partition coefficient (Wildman–Crippen LogP) is 2.93. The number of aromatic nitrogens is 1. The van der Waals surface area contributed by atoms with E-state index in [1.807, 2.05) is 19.9 Å². The van der Waals surface area contributed by atoms with Crippen molar-refractivity contribution in [2.24, 2.45) is 0 Å². The number of hydrogen-bond acceptors (Lipinski definition) is 5. The zero-order valence-corrected chi connectivity index (χ0v) is 12.1. The third kappa shape index (κ3) is 2.93. The number of ether oxygens (including phenoxy) is 2. The third-order valence-corrected chi connectivity index (χ3v) is 3.22. The van der Waals surface area contributed by atoms with Crippen molar-refractivity contribution < 1.29 is 19.1 Å². The molecule has 0 saturated carbocycles. The molecule has 0 unspecified atom stereocenters. The van der Waals surface area contributed by atoms with Gasteiger partial charge in [-0.25, -0.2) is 0 Å². The molecule has 2 rings (SSSR count). The van der Waals surface area contributed by atoms with Gasteiger partial charge in [-0.15, -0.1) is 0 Å². The Hall–Kier alpha value is -2.01. The fourth-order valence-electron chi connectivity index (χ4n) is 1.92. The molecule has 0 aliphatic heterocycles. The number of aryl methyl sites for hydroxylation is 2. The van der Waals surface area contributed by atoms with Crippen LogP contribution in [0.15, 0.2) is 22.7 Å². The van der Waals surface area contributed by atoms with Gasteiger partial charge in [0, 0.05) is 0 Å². The van der Waals surface area contributed by atoms with Crippen LogP contribution in [0, 0.1) is 13.8 Å². The summed E-state index contributed by atoms with van der Waals surface area (Å²) in [6.07, 6.45) is -0.541. The van der Waals surface area contributed by atoms with Crippen molar-refractivity contribution in [1.82, 2.24) is 5.16 Å². The highest BCUT2D eigenvalue weighted by Crippen LogP contribution is 2.31. The topological polar surface area (TPSA) is 64.7 Å². The van der Waals surface area contributed by atoms with Crippen LogP contribution in [0.1, 0.15) is 35.6 Å². The van der Waals surface area contributed by atoms with Crippen molar-refractivity contribution in [3.63, 3.8) is 0 Å². The van der Waals surface area contributed by atoms with Crippen LogP contribution in [0.25, 0.3) is 0 Å². The second kappa shape index (κ2) is 5.96. The summed E-state index contributed by atoms with van der Waals surface area (Å²) < 4.78 is 16.2. The van der Waals surface area contributed by atoms with E-state index in [4.69, 9.17) is 14.0 Å². The number of aliphatic hydroxyl groups is 1. The van der Waals surface area contributed by atoms with Crippen molar-refractivity contribution in [2.75, 3.05) is 7.11 Å². The molecule has 0 aliphatic rings. The number of hydrogen-bond donors (Lipinski definition) is 1. The van der Waals surface area contributed by atoms with Gasteiger partial charge in [0.15, 0.2) is 11.5 Å². The Labute approximate surface area is 118 Å². The normalized spacial score (nSPS) is 12.2. The predicted molar refractivity (Wildman–Crippen MR) is 73.9 cm³/mol. The molecular weight excluding hydrogens is 258 g/mol. The van der Waals surface area contributed by atoms with Crippen molar-refractivity contribution >= 4 is 0 Å². The molecule has 20 heavy (non-hydrogen) atoms. The summed E-state index contributed by atoms with van der Waals surface area (Å²) in [4.78, 5) is 0. The van der Waals surface area contributed by atoms with Crippen molar-refractivity contribution in [3.05, 3.63) is 40.8 Å². The first-order chi connectivity index (χ1) is 9.52. The Morgan fingerprint density at radius 3 is 2.60 bits per heavy atom. The molecule has 108 valence electrons. The average Bonchev–Trinajstić information content (AvgIpc) is 2.75. The lowest BCUT2D eigenvalue weighted by molar-refractivity contribution is 0.198. The molecule has 1 aromatic carbocycles. The molecule has 5 heteroatoms. The van der Waals surface area contributed by atoms with E-state index in [1.165, 1.54) is 0 Å². The van der Waals surface area contributed by atoms with E-state index in [-0.39, 0.29) is 0 Å². The SMILES string of the molecule is COc1cc([C@@H](C)O)ccc1OCc1c(C)noc1C. The summed E-state index contributed by atoms with van der Waals surface area (Å²) in [6.45, 7) is 5.81. The van der Waals surface area contributed by atoms with Gasteiger partial charge in [-0.3, -0.25) is 0 Å². The molecule has 1 N–H and O–H groups in total. The van der Waals surface area contributed by atoms with E-state index in [1.54, 1.807) is 26.2 Å². The Morgan fingerprint density at radius 2 is 2.05 bits per heavy atom. The van der Waals surface area contributed by atoms with Gasteiger partial charge in [0.1, 0.15) is 12.4 Å². The third-order valence-electron chi connectivity index (χ3n) is 3.22. The molecule has 0 radical (unpaired) electrons. The summed E-state index contributed by atoms with van der Waals surface area (Å²) in [5, 5.41) is 13.5. The maximum Gasteiger partial charge on any atom is 0.161 e. The smallest absolute Gasteiger partial charge is 0.161 e. The van der Waals surface area contributed by atoms with Crippen LogP contribution in [0.4, 0.5) is 0 Å². The lowest BCUT2D eigenvalue weighted by atomic mass is 10.1. The van der Waals surface area contributed by atoms with Gasteiger partial charge >= 0.3 is 0 Å². The van der Waals surface area contributed by atoms with Crippen LogP contribution in [-0.4, -0.2) is 17.4 Å². The van der Waals surface area contributed by atoms with Crippen LogP contribution in [0.2, 0.25) is 0 Å². The summed E-state index contributed by atoms with van der Waals surface area (Å²) in [5.74, 6) is 1.97. The lowest BCUT2D eigenvalue weighted by Gasteiger charge is -2.13. The number of benzene rings is 1. The number of nitrogens with zero attached hydrogens (tertiary/aromatic N) is 1. The summed E-state index contributed by atoms with van der Waals surface area (Å²) in [6, 6.07) is 5.38. The molecule has 5 nitrogen and oxygen atoms in total. The maximum absolute atomic E-state index is 9.57.